The molecule has 0 saturated heterocycles. The van der Waals surface area contributed by atoms with Gasteiger partial charge >= 0.3 is 6.18 Å². The zero-order valence-corrected chi connectivity index (χ0v) is 22.1. The third-order valence-electron chi connectivity index (χ3n) is 6.04. The summed E-state index contributed by atoms with van der Waals surface area (Å²) in [5, 5.41) is 37.1. The number of ether oxygens (including phenoxy) is 1. The predicted octanol–water partition coefficient (Wildman–Crippen LogP) is 6.61. The van der Waals surface area contributed by atoms with Gasteiger partial charge in [0.15, 0.2) is 11.3 Å². The van der Waals surface area contributed by atoms with Crippen molar-refractivity contribution in [2.24, 2.45) is 0 Å². The van der Waals surface area contributed by atoms with E-state index in [4.69, 9.17) is 15.3 Å². The summed E-state index contributed by atoms with van der Waals surface area (Å²) in [5.74, 6) is -0.669. The van der Waals surface area contributed by atoms with E-state index in [1.165, 1.54) is 29.6 Å². The van der Waals surface area contributed by atoms with Crippen molar-refractivity contribution in [1.82, 2.24) is 0 Å². The number of thiophene rings is 1. The normalized spacial score (nSPS) is 17.3. The summed E-state index contributed by atoms with van der Waals surface area (Å²) < 4.78 is 47.0. The van der Waals surface area contributed by atoms with Crippen molar-refractivity contribution in [3.05, 3.63) is 80.3 Å². The highest BCUT2D eigenvalue weighted by Gasteiger charge is 2.60. The Morgan fingerprint density at radius 1 is 1.00 bits per heavy atom. The lowest BCUT2D eigenvalue weighted by molar-refractivity contribution is -0.236. The number of alkyl halides is 3. The Morgan fingerprint density at radius 2 is 1.62 bits per heavy atom. The molecule has 0 bridgehead atoms. The number of rotatable bonds is 9. The molecule has 10 heteroatoms. The minimum Gasteiger partial charge on any atom is -0.470 e. The highest BCUT2D eigenvalue weighted by Crippen LogP contribution is 2.49. The number of halogens is 3. The van der Waals surface area contributed by atoms with Crippen molar-refractivity contribution in [2.45, 2.75) is 32.0 Å². The molecule has 6 nitrogen and oxygen atoms in total. The van der Waals surface area contributed by atoms with Gasteiger partial charge < -0.3 is 14.7 Å². The van der Waals surface area contributed by atoms with E-state index in [1.54, 1.807) is 12.1 Å². The van der Waals surface area contributed by atoms with E-state index in [9.17, 15) is 23.5 Å². The van der Waals surface area contributed by atoms with E-state index in [1.807, 2.05) is 42.5 Å². The molecular formula is C29H25F3N4O2S. The average molecular weight is 551 g/mol. The first-order chi connectivity index (χ1) is 18.6. The van der Waals surface area contributed by atoms with Gasteiger partial charge in [-0.15, -0.1) is 11.3 Å². The second kappa shape index (κ2) is 12.5. The average Bonchev–Trinajstić information content (AvgIpc) is 3.49. The summed E-state index contributed by atoms with van der Waals surface area (Å²) in [7, 11) is 0. The van der Waals surface area contributed by atoms with Gasteiger partial charge in [0.2, 0.25) is 5.60 Å². The van der Waals surface area contributed by atoms with Crippen molar-refractivity contribution in [2.75, 3.05) is 24.6 Å². The maximum absolute atomic E-state index is 14.0. The van der Waals surface area contributed by atoms with Crippen molar-refractivity contribution in [3.63, 3.8) is 0 Å². The van der Waals surface area contributed by atoms with Crippen LogP contribution in [-0.2, 0) is 4.74 Å². The molecule has 1 aromatic carbocycles. The van der Waals surface area contributed by atoms with Crippen LogP contribution in [0, 0.1) is 34.0 Å². The fourth-order valence-electron chi connectivity index (χ4n) is 3.99. The molecule has 39 heavy (non-hydrogen) atoms. The number of nitriles is 3. The molecule has 1 aliphatic rings. The van der Waals surface area contributed by atoms with E-state index in [-0.39, 0.29) is 6.61 Å². The van der Waals surface area contributed by atoms with Crippen LogP contribution < -0.4 is 4.90 Å². The Balaban J connectivity index is 1.85. The number of aliphatic hydroxyl groups is 1. The molecule has 0 fully saturated rings. The highest BCUT2D eigenvalue weighted by atomic mass is 32.1. The number of hydrogen-bond donors (Lipinski definition) is 1. The van der Waals surface area contributed by atoms with Gasteiger partial charge in [0.25, 0.3) is 0 Å². The summed E-state index contributed by atoms with van der Waals surface area (Å²) in [6.07, 6.45) is 2.47. The fourth-order valence-corrected chi connectivity index (χ4v) is 4.80. The van der Waals surface area contributed by atoms with Crippen LogP contribution >= 0.6 is 11.3 Å². The van der Waals surface area contributed by atoms with E-state index in [2.05, 4.69) is 11.8 Å². The van der Waals surface area contributed by atoms with Crippen LogP contribution in [0.25, 0.3) is 18.2 Å². The maximum Gasteiger partial charge on any atom is 0.432 e. The summed E-state index contributed by atoms with van der Waals surface area (Å²) in [6.45, 7) is 4.33. The summed E-state index contributed by atoms with van der Waals surface area (Å²) in [4.78, 5) is 3.61. The topological polar surface area (TPSA) is 104 Å². The third kappa shape index (κ3) is 6.41. The molecule has 1 aliphatic heterocycles. The lowest BCUT2D eigenvalue weighted by atomic mass is 9.92. The molecule has 3 rings (SSSR count). The standard InChI is InChI=1S/C29H25F3N4O2S/c1-3-14-36(15-16-37)22-7-4-20(5-8-22)6-9-23-10-11-24(39-23)12-13-26-25(19-35)27(21(17-33)18-34)38-28(26,2)29(30,31)32/h4-13,37H,3,14-16H2,1-2H3/b9-6+,13-12+. The highest BCUT2D eigenvalue weighted by molar-refractivity contribution is 7.13. The monoisotopic (exact) mass is 550 g/mol. The molecule has 2 heterocycles. The Hall–Kier alpha value is -4.30. The van der Waals surface area contributed by atoms with Gasteiger partial charge in [0.05, 0.1) is 6.61 Å². The Morgan fingerprint density at radius 3 is 2.13 bits per heavy atom. The number of hydrogen-bond acceptors (Lipinski definition) is 7. The van der Waals surface area contributed by atoms with Gasteiger partial charge in [-0.1, -0.05) is 31.2 Å². The molecule has 0 radical (unpaired) electrons. The summed E-state index contributed by atoms with van der Waals surface area (Å²) >= 11 is 1.34. The number of aliphatic hydroxyl groups excluding tert-OH is 1. The molecule has 0 amide bonds. The van der Waals surface area contributed by atoms with E-state index >= 15 is 0 Å². The van der Waals surface area contributed by atoms with Crippen LogP contribution in [0.4, 0.5) is 18.9 Å². The first-order valence-corrected chi connectivity index (χ1v) is 12.8. The molecule has 1 N–H and O–H groups in total. The van der Waals surface area contributed by atoms with Crippen LogP contribution in [0.15, 0.2) is 65.0 Å². The molecule has 2 aromatic rings. The molecule has 0 saturated carbocycles. The molecule has 0 aliphatic carbocycles. The quantitative estimate of drug-likeness (QED) is 0.352. The van der Waals surface area contributed by atoms with Gasteiger partial charge in [0, 0.05) is 34.1 Å². The van der Waals surface area contributed by atoms with Gasteiger partial charge in [-0.3, -0.25) is 0 Å². The lowest BCUT2D eigenvalue weighted by Gasteiger charge is -2.28. The number of allylic oxidation sites excluding steroid dienone is 2. The minimum absolute atomic E-state index is 0.0764. The van der Waals surface area contributed by atoms with Gasteiger partial charge in [-0.05, 0) is 55.3 Å². The zero-order valence-electron chi connectivity index (χ0n) is 21.3. The first kappa shape index (κ1) is 29.3. The maximum atomic E-state index is 14.0. The second-order valence-corrected chi connectivity index (χ2v) is 9.82. The molecule has 200 valence electrons. The molecule has 0 spiro atoms. The van der Waals surface area contributed by atoms with Crippen molar-refractivity contribution in [3.8, 4) is 18.2 Å². The number of anilines is 1. The SMILES string of the molecule is CCCN(CCO)c1ccc(/C=C/c2ccc(/C=C/C3=C(C#N)C(=C(C#N)C#N)OC3(C)C(F)(F)F)s2)cc1. The van der Waals surface area contributed by atoms with Crippen molar-refractivity contribution >= 4 is 35.3 Å². The van der Waals surface area contributed by atoms with Crippen molar-refractivity contribution < 1.29 is 23.0 Å². The van der Waals surface area contributed by atoms with E-state index in [0.29, 0.717) is 11.4 Å². The number of nitrogens with zero attached hydrogens (tertiary/aromatic N) is 4. The minimum atomic E-state index is -4.91. The first-order valence-electron chi connectivity index (χ1n) is 12.0. The Kier molecular flexibility index (Phi) is 9.37. The third-order valence-corrected chi connectivity index (χ3v) is 7.06. The largest absolute Gasteiger partial charge is 0.470 e. The molecular weight excluding hydrogens is 525 g/mol. The van der Waals surface area contributed by atoms with Gasteiger partial charge in [0.1, 0.15) is 23.8 Å². The van der Waals surface area contributed by atoms with Crippen LogP contribution in [0.5, 0.6) is 0 Å². The van der Waals surface area contributed by atoms with Crippen molar-refractivity contribution in [1.29, 1.82) is 15.8 Å². The van der Waals surface area contributed by atoms with Crippen LogP contribution in [0.3, 0.4) is 0 Å². The fraction of sp³-hybridized carbons (Fsp3) is 0.276. The molecule has 1 unspecified atom stereocenters. The van der Waals surface area contributed by atoms with E-state index < -0.39 is 34.3 Å². The van der Waals surface area contributed by atoms with Gasteiger partial charge in [-0.25, -0.2) is 0 Å². The predicted molar refractivity (Wildman–Crippen MR) is 145 cm³/mol. The van der Waals surface area contributed by atoms with E-state index in [0.717, 1.165) is 42.1 Å². The summed E-state index contributed by atoms with van der Waals surface area (Å²) in [6, 6.07) is 16.1. The zero-order chi connectivity index (χ0) is 28.6. The molecule has 1 atom stereocenters. The molecule has 1 aromatic heterocycles. The van der Waals surface area contributed by atoms with Gasteiger partial charge in [-0.2, -0.15) is 29.0 Å². The summed E-state index contributed by atoms with van der Waals surface area (Å²) in [5.41, 5.74) is -2.58. The lowest BCUT2D eigenvalue weighted by Crippen LogP contribution is -2.43. The smallest absolute Gasteiger partial charge is 0.432 e. The second-order valence-electron chi connectivity index (χ2n) is 8.67. The Labute approximate surface area is 229 Å². The van der Waals surface area contributed by atoms with Crippen LogP contribution in [0.1, 0.15) is 35.6 Å². The van der Waals surface area contributed by atoms with Crippen LogP contribution in [-0.4, -0.2) is 36.6 Å². The number of benzene rings is 1. The Bertz CT molecular complexity index is 1430. The van der Waals surface area contributed by atoms with Crippen LogP contribution in [0.2, 0.25) is 0 Å².